The van der Waals surface area contributed by atoms with Gasteiger partial charge in [-0.3, -0.25) is 4.70 Å². The van der Waals surface area contributed by atoms with E-state index in [4.69, 9.17) is 20.4 Å². The van der Waals surface area contributed by atoms with E-state index >= 15 is 0 Å². The molecule has 10 heteroatoms. The second kappa shape index (κ2) is 315. The number of hydrogen-bond donors (Lipinski definition) is 9. The Hall–Kier alpha value is -0.430. The zero-order valence-electron chi connectivity index (χ0n) is 12.6. The Bertz CT molecular complexity index is 39.4. The average molecular weight is 289 g/mol. The van der Waals surface area contributed by atoms with Crippen LogP contribution in [-0.2, 0) is 0 Å². The highest BCUT2D eigenvalue weighted by Crippen LogP contribution is 1.30. The predicted octanol–water partition coefficient (Wildman–Crippen LogP) is 0.957. The summed E-state index contributed by atoms with van der Waals surface area (Å²) in [5.74, 6) is 0. The fourth-order valence-electron chi connectivity index (χ4n) is 0. The molecule has 0 unspecified atom stereocenters. The van der Waals surface area contributed by atoms with E-state index in [1.54, 1.807) is 27.7 Å². The Morgan fingerprint density at radius 3 is 0.444 bits per heavy atom. The first-order valence-corrected chi connectivity index (χ1v) is 4.09. The molecular weight excluding hydrogens is 249 g/mol. The molecule has 0 aromatic heterocycles. The average Bonchev–Trinajstić information content (AvgIpc) is 1.92. The summed E-state index contributed by atoms with van der Waals surface area (Å²) in [5.41, 5.74) is 0. The first-order chi connectivity index (χ1) is 5.66. The van der Waals surface area contributed by atoms with Gasteiger partial charge in [-0.05, 0) is 27.7 Å². The highest BCUT2D eigenvalue weighted by Gasteiger charge is 1.35. The van der Waals surface area contributed by atoms with Crippen molar-refractivity contribution in [2.45, 2.75) is 27.7 Å². The highest BCUT2D eigenvalue weighted by molar-refractivity contribution is 3.84. The van der Waals surface area contributed by atoms with Crippen molar-refractivity contribution < 1.29 is 25.1 Å². The molecule has 0 spiro atoms. The standard InChI is InChI=1S/4C2H6O.FH.5H3N/c4*1-2-3;;;;;;/h4*3H,2H2,1H3;1H;5*1H3. The second-order valence-corrected chi connectivity index (χ2v) is 1.26. The van der Waals surface area contributed by atoms with Gasteiger partial charge in [0.1, 0.15) is 0 Å². The summed E-state index contributed by atoms with van der Waals surface area (Å²) in [4.78, 5) is 0. The summed E-state index contributed by atoms with van der Waals surface area (Å²) in [6, 6.07) is 0. The number of rotatable bonds is 0. The topological polar surface area (TPSA) is 256 Å². The van der Waals surface area contributed by atoms with E-state index in [9.17, 15) is 0 Å². The van der Waals surface area contributed by atoms with Crippen LogP contribution in [0.4, 0.5) is 4.70 Å². The maximum absolute atomic E-state index is 7.57. The van der Waals surface area contributed by atoms with Gasteiger partial charge in [-0.15, -0.1) is 0 Å². The molecule has 0 fully saturated rings. The Morgan fingerprint density at radius 2 is 0.444 bits per heavy atom. The van der Waals surface area contributed by atoms with E-state index in [0.29, 0.717) is 0 Å². The van der Waals surface area contributed by atoms with Crippen LogP contribution < -0.4 is 30.8 Å². The molecule has 0 bridgehead atoms. The van der Waals surface area contributed by atoms with Gasteiger partial charge in [0.25, 0.3) is 0 Å². The van der Waals surface area contributed by atoms with Gasteiger partial charge in [0, 0.05) is 26.4 Å². The van der Waals surface area contributed by atoms with Crippen molar-refractivity contribution in [3.63, 3.8) is 0 Å². The van der Waals surface area contributed by atoms with Gasteiger partial charge in [0.05, 0.1) is 0 Å². The smallest absolute Gasteiger partial charge is 0.0402 e. The minimum atomic E-state index is 0. The third-order valence-electron chi connectivity index (χ3n) is 0. The molecule has 0 heterocycles. The van der Waals surface area contributed by atoms with Gasteiger partial charge >= 0.3 is 0 Å². The number of halogens is 1. The van der Waals surface area contributed by atoms with E-state index in [1.165, 1.54) is 0 Å². The molecule has 0 aliphatic rings. The normalized spacial score (nSPS) is 4.00. The van der Waals surface area contributed by atoms with Crippen LogP contribution in [0.2, 0.25) is 0 Å². The molecule has 128 valence electrons. The zero-order chi connectivity index (χ0) is 10.8. The SMILES string of the molecule is CCO.CCO.CCO.CCO.F.N.N.N.N.N. The lowest BCUT2D eigenvalue weighted by Gasteiger charge is -1.52. The van der Waals surface area contributed by atoms with E-state index < -0.39 is 0 Å². The Balaban J connectivity index is -0.00000000533. The predicted molar refractivity (Wildman–Crippen MR) is 78.7 cm³/mol. The van der Waals surface area contributed by atoms with E-state index in [-0.39, 0.29) is 61.9 Å². The van der Waals surface area contributed by atoms with Crippen LogP contribution in [0, 0.1) is 0 Å². The summed E-state index contributed by atoms with van der Waals surface area (Å²) in [7, 11) is 0. The number of aliphatic hydroxyl groups excluding tert-OH is 4. The first-order valence-electron chi connectivity index (χ1n) is 4.09. The lowest BCUT2D eigenvalue weighted by atomic mass is 10.9. The summed E-state index contributed by atoms with van der Waals surface area (Å²) in [6.07, 6.45) is 0. The van der Waals surface area contributed by atoms with Gasteiger partial charge in [0.2, 0.25) is 0 Å². The maximum Gasteiger partial charge on any atom is 0.0402 e. The Kier molecular flexibility index (Phi) is 1470. The van der Waals surface area contributed by atoms with Crippen LogP contribution >= 0.6 is 0 Å². The fraction of sp³-hybridized carbons (Fsp3) is 1.00. The molecule has 0 saturated heterocycles. The van der Waals surface area contributed by atoms with Crippen LogP contribution in [0.3, 0.4) is 0 Å². The molecule has 0 rings (SSSR count). The summed E-state index contributed by atoms with van der Waals surface area (Å²) in [5, 5.41) is 30.3. The van der Waals surface area contributed by atoms with E-state index in [1.807, 2.05) is 0 Å². The molecular formula is C8H40FN5O4. The van der Waals surface area contributed by atoms with Crippen molar-refractivity contribution in [2.24, 2.45) is 0 Å². The highest BCUT2D eigenvalue weighted by atomic mass is 19.0. The number of hydrogen-bond acceptors (Lipinski definition) is 9. The summed E-state index contributed by atoms with van der Waals surface area (Å²) >= 11 is 0. The molecule has 0 aliphatic carbocycles. The first kappa shape index (κ1) is 84.2. The molecule has 0 atom stereocenters. The number of aliphatic hydroxyl groups is 4. The minimum absolute atomic E-state index is 0. The fourth-order valence-corrected chi connectivity index (χ4v) is 0. The largest absolute Gasteiger partial charge is 0.397 e. The van der Waals surface area contributed by atoms with Gasteiger partial charge in [-0.1, -0.05) is 0 Å². The zero-order valence-corrected chi connectivity index (χ0v) is 12.6. The van der Waals surface area contributed by atoms with Crippen molar-refractivity contribution in [2.75, 3.05) is 26.4 Å². The van der Waals surface area contributed by atoms with Crippen LogP contribution in [0.25, 0.3) is 0 Å². The molecule has 0 saturated carbocycles. The second-order valence-electron chi connectivity index (χ2n) is 1.26. The molecule has 18 heavy (non-hydrogen) atoms. The van der Waals surface area contributed by atoms with Crippen molar-refractivity contribution in [3.05, 3.63) is 0 Å². The maximum atomic E-state index is 7.57. The van der Waals surface area contributed by atoms with Crippen LogP contribution in [-0.4, -0.2) is 46.9 Å². The van der Waals surface area contributed by atoms with Crippen molar-refractivity contribution >= 4 is 0 Å². The Labute approximate surface area is 111 Å². The quantitative estimate of drug-likeness (QED) is 0.307. The molecule has 0 radical (unpaired) electrons. The van der Waals surface area contributed by atoms with Gasteiger partial charge in [0.15, 0.2) is 0 Å². The monoisotopic (exact) mass is 289 g/mol. The molecule has 19 N–H and O–H groups in total. The summed E-state index contributed by atoms with van der Waals surface area (Å²) < 4.78 is 0. The minimum Gasteiger partial charge on any atom is -0.397 e. The van der Waals surface area contributed by atoms with E-state index in [2.05, 4.69) is 0 Å². The summed E-state index contributed by atoms with van der Waals surface area (Å²) in [6.45, 7) is 7.72. The Morgan fingerprint density at radius 1 is 0.444 bits per heavy atom. The molecule has 0 aromatic rings. The van der Waals surface area contributed by atoms with Gasteiger partial charge in [-0.25, -0.2) is 0 Å². The lowest BCUT2D eigenvalue weighted by molar-refractivity contribution is 0.318. The molecule has 0 aromatic carbocycles. The van der Waals surface area contributed by atoms with Gasteiger partial charge in [-0.2, -0.15) is 0 Å². The van der Waals surface area contributed by atoms with Crippen LogP contribution in [0.1, 0.15) is 27.7 Å². The van der Waals surface area contributed by atoms with E-state index in [0.717, 1.165) is 0 Å². The molecule has 9 nitrogen and oxygen atoms in total. The van der Waals surface area contributed by atoms with Crippen LogP contribution in [0.15, 0.2) is 0 Å². The third kappa shape index (κ3) is 17900. The van der Waals surface area contributed by atoms with Crippen LogP contribution in [0.5, 0.6) is 0 Å². The van der Waals surface area contributed by atoms with Crippen molar-refractivity contribution in [3.8, 4) is 0 Å². The van der Waals surface area contributed by atoms with Gasteiger partial charge < -0.3 is 51.2 Å². The molecule has 0 aliphatic heterocycles. The van der Waals surface area contributed by atoms with Crippen molar-refractivity contribution in [1.82, 2.24) is 30.8 Å². The molecule has 0 amide bonds. The lowest BCUT2D eigenvalue weighted by Crippen LogP contribution is -1.57. The third-order valence-corrected chi connectivity index (χ3v) is 0. The van der Waals surface area contributed by atoms with Crippen molar-refractivity contribution in [1.29, 1.82) is 0 Å².